The van der Waals surface area contributed by atoms with Crippen molar-refractivity contribution in [2.45, 2.75) is 6.04 Å². The van der Waals surface area contributed by atoms with Crippen LogP contribution >= 0.6 is 35.6 Å². The molecule has 0 aliphatic heterocycles. The third-order valence-electron chi connectivity index (χ3n) is 2.40. The number of hydrogen-bond donors (Lipinski definition) is 1. The van der Waals surface area contributed by atoms with Gasteiger partial charge in [-0.25, -0.2) is 0 Å². The van der Waals surface area contributed by atoms with Gasteiger partial charge in [0.2, 0.25) is 0 Å². The minimum atomic E-state index is -0.197. The molecule has 2 aromatic rings. The van der Waals surface area contributed by atoms with Crippen LogP contribution in [0.4, 0.5) is 0 Å². The number of rotatable bonds is 2. The molecule has 0 fully saturated rings. The van der Waals surface area contributed by atoms with Gasteiger partial charge in [-0.05, 0) is 29.3 Å². The highest BCUT2D eigenvalue weighted by Crippen LogP contribution is 2.25. The summed E-state index contributed by atoms with van der Waals surface area (Å²) in [5.41, 5.74) is 8.10. The van der Waals surface area contributed by atoms with Crippen LogP contribution in [0.25, 0.3) is 0 Å². The molecular weight excluding hydrogens is 277 g/mol. The molecule has 2 aromatic carbocycles. The van der Waals surface area contributed by atoms with E-state index in [4.69, 9.17) is 28.9 Å². The van der Waals surface area contributed by atoms with Crippen molar-refractivity contribution in [3.8, 4) is 0 Å². The van der Waals surface area contributed by atoms with E-state index in [0.717, 1.165) is 11.1 Å². The zero-order valence-corrected chi connectivity index (χ0v) is 11.3. The maximum Gasteiger partial charge on any atom is 0.0552 e. The van der Waals surface area contributed by atoms with Crippen LogP contribution in [0, 0.1) is 0 Å². The molecular formula is C13H12Cl3N. The first-order chi connectivity index (χ1) is 7.66. The van der Waals surface area contributed by atoms with Crippen LogP contribution in [-0.4, -0.2) is 0 Å². The first-order valence-electron chi connectivity index (χ1n) is 4.93. The Balaban J connectivity index is 0.00000144. The van der Waals surface area contributed by atoms with Gasteiger partial charge in [0.25, 0.3) is 0 Å². The lowest BCUT2D eigenvalue weighted by Gasteiger charge is -2.13. The van der Waals surface area contributed by atoms with E-state index in [-0.39, 0.29) is 18.4 Å². The Hall–Kier alpha value is -0.730. The molecule has 0 aliphatic carbocycles. The standard InChI is InChI=1S/C13H11Cl2N.ClH/c14-11-6-10(7-12(15)8-11)13(16)9-4-2-1-3-5-9;/h1-8,13H,16H2;1H. The second-order valence-electron chi connectivity index (χ2n) is 3.59. The summed E-state index contributed by atoms with van der Waals surface area (Å²) in [5, 5.41) is 1.21. The van der Waals surface area contributed by atoms with Crippen molar-refractivity contribution < 1.29 is 0 Å². The Morgan fingerprint density at radius 1 is 0.824 bits per heavy atom. The van der Waals surface area contributed by atoms with Crippen molar-refractivity contribution in [3.63, 3.8) is 0 Å². The van der Waals surface area contributed by atoms with E-state index >= 15 is 0 Å². The zero-order chi connectivity index (χ0) is 11.5. The number of benzene rings is 2. The first-order valence-corrected chi connectivity index (χ1v) is 5.69. The van der Waals surface area contributed by atoms with Gasteiger partial charge in [0.05, 0.1) is 6.04 Å². The van der Waals surface area contributed by atoms with Crippen molar-refractivity contribution in [1.29, 1.82) is 0 Å². The van der Waals surface area contributed by atoms with Crippen LogP contribution in [0.15, 0.2) is 48.5 Å². The lowest BCUT2D eigenvalue weighted by atomic mass is 10.00. The quantitative estimate of drug-likeness (QED) is 0.867. The number of hydrogen-bond acceptors (Lipinski definition) is 1. The normalized spacial score (nSPS) is 11.7. The molecule has 0 radical (unpaired) electrons. The molecule has 2 rings (SSSR count). The summed E-state index contributed by atoms with van der Waals surface area (Å²) in [5.74, 6) is 0. The fourth-order valence-electron chi connectivity index (χ4n) is 1.61. The van der Waals surface area contributed by atoms with Crippen LogP contribution in [0.2, 0.25) is 10.0 Å². The van der Waals surface area contributed by atoms with Gasteiger partial charge in [-0.2, -0.15) is 0 Å². The second kappa shape index (κ2) is 6.27. The lowest BCUT2D eigenvalue weighted by molar-refractivity contribution is 0.872. The van der Waals surface area contributed by atoms with Crippen molar-refractivity contribution in [2.75, 3.05) is 0 Å². The van der Waals surface area contributed by atoms with Gasteiger partial charge in [0, 0.05) is 10.0 Å². The van der Waals surface area contributed by atoms with Gasteiger partial charge in [0.15, 0.2) is 0 Å². The summed E-state index contributed by atoms with van der Waals surface area (Å²) in [6.07, 6.45) is 0. The molecule has 0 saturated carbocycles. The van der Waals surface area contributed by atoms with Crippen molar-refractivity contribution >= 4 is 35.6 Å². The molecule has 1 atom stereocenters. The van der Waals surface area contributed by atoms with Crippen molar-refractivity contribution in [2.24, 2.45) is 5.73 Å². The first kappa shape index (κ1) is 14.3. The summed E-state index contributed by atoms with van der Waals surface area (Å²) in [7, 11) is 0. The molecule has 0 saturated heterocycles. The highest BCUT2D eigenvalue weighted by Gasteiger charge is 2.09. The van der Waals surface area contributed by atoms with Crippen LogP contribution in [0.3, 0.4) is 0 Å². The highest BCUT2D eigenvalue weighted by atomic mass is 35.5. The monoisotopic (exact) mass is 287 g/mol. The van der Waals surface area contributed by atoms with E-state index in [0.29, 0.717) is 10.0 Å². The molecule has 1 nitrogen and oxygen atoms in total. The van der Waals surface area contributed by atoms with Crippen LogP contribution in [0.1, 0.15) is 17.2 Å². The Morgan fingerprint density at radius 2 is 1.35 bits per heavy atom. The van der Waals surface area contributed by atoms with Gasteiger partial charge in [-0.1, -0.05) is 53.5 Å². The van der Waals surface area contributed by atoms with Crippen molar-refractivity contribution in [1.82, 2.24) is 0 Å². The summed E-state index contributed by atoms with van der Waals surface area (Å²) in [4.78, 5) is 0. The third kappa shape index (κ3) is 3.62. The molecule has 17 heavy (non-hydrogen) atoms. The van der Waals surface area contributed by atoms with Gasteiger partial charge >= 0.3 is 0 Å². The molecule has 0 aliphatic rings. The third-order valence-corrected chi connectivity index (χ3v) is 2.84. The maximum absolute atomic E-state index is 6.14. The largest absolute Gasteiger partial charge is 0.320 e. The molecule has 1 unspecified atom stereocenters. The Labute approximate surface area is 117 Å². The lowest BCUT2D eigenvalue weighted by Crippen LogP contribution is -2.11. The molecule has 90 valence electrons. The van der Waals surface area contributed by atoms with Gasteiger partial charge in [0.1, 0.15) is 0 Å². The van der Waals surface area contributed by atoms with E-state index in [9.17, 15) is 0 Å². The van der Waals surface area contributed by atoms with E-state index in [1.165, 1.54) is 0 Å². The van der Waals surface area contributed by atoms with Crippen LogP contribution in [0.5, 0.6) is 0 Å². The Bertz CT molecular complexity index is 465. The van der Waals surface area contributed by atoms with Gasteiger partial charge < -0.3 is 5.73 Å². The minimum absolute atomic E-state index is 0. The molecule has 4 heteroatoms. The van der Waals surface area contributed by atoms with Crippen molar-refractivity contribution in [3.05, 3.63) is 69.7 Å². The molecule has 0 aromatic heterocycles. The predicted molar refractivity (Wildman–Crippen MR) is 76.2 cm³/mol. The van der Waals surface area contributed by atoms with Gasteiger partial charge in [-0.15, -0.1) is 12.4 Å². The summed E-state index contributed by atoms with van der Waals surface area (Å²) >= 11 is 11.9. The fourth-order valence-corrected chi connectivity index (χ4v) is 2.15. The minimum Gasteiger partial charge on any atom is -0.320 e. The topological polar surface area (TPSA) is 26.0 Å². The Kier molecular flexibility index (Phi) is 5.29. The SMILES string of the molecule is Cl.NC(c1ccccc1)c1cc(Cl)cc(Cl)c1. The predicted octanol–water partition coefficient (Wildman–Crippen LogP) is 4.46. The Morgan fingerprint density at radius 3 is 1.88 bits per heavy atom. The molecule has 0 heterocycles. The van der Waals surface area contributed by atoms with E-state index < -0.39 is 0 Å². The second-order valence-corrected chi connectivity index (χ2v) is 4.46. The van der Waals surface area contributed by atoms with Crippen LogP contribution in [-0.2, 0) is 0 Å². The smallest absolute Gasteiger partial charge is 0.0552 e. The summed E-state index contributed by atoms with van der Waals surface area (Å²) < 4.78 is 0. The molecule has 0 spiro atoms. The summed E-state index contributed by atoms with van der Waals surface area (Å²) in [6, 6.07) is 15.0. The van der Waals surface area contributed by atoms with Gasteiger partial charge in [-0.3, -0.25) is 0 Å². The fraction of sp³-hybridized carbons (Fsp3) is 0.0769. The van der Waals surface area contributed by atoms with E-state index in [2.05, 4.69) is 0 Å². The van der Waals surface area contributed by atoms with E-state index in [1.807, 2.05) is 42.5 Å². The maximum atomic E-state index is 6.14. The van der Waals surface area contributed by atoms with Crippen LogP contribution < -0.4 is 5.73 Å². The zero-order valence-electron chi connectivity index (χ0n) is 8.94. The highest BCUT2D eigenvalue weighted by molar-refractivity contribution is 6.34. The number of nitrogens with two attached hydrogens (primary N) is 1. The number of halogens is 3. The average molecular weight is 289 g/mol. The molecule has 0 bridgehead atoms. The average Bonchev–Trinajstić information content (AvgIpc) is 2.28. The van der Waals surface area contributed by atoms with E-state index in [1.54, 1.807) is 6.07 Å². The summed E-state index contributed by atoms with van der Waals surface area (Å²) in [6.45, 7) is 0. The molecule has 0 amide bonds. The molecule has 2 N–H and O–H groups in total.